The second-order valence-electron chi connectivity index (χ2n) is 9.11. The van der Waals surface area contributed by atoms with Gasteiger partial charge >= 0.3 is 0 Å². The molecule has 2 aromatic carbocycles. The molecule has 5 rings (SSSR count). The maximum absolute atomic E-state index is 15.6. The molecule has 3 atom stereocenters. The molecule has 2 bridgehead atoms. The maximum atomic E-state index is 15.6. The molecule has 3 fully saturated rings. The van der Waals surface area contributed by atoms with Crippen molar-refractivity contribution in [2.75, 3.05) is 6.26 Å². The number of hydrogen-bond acceptors (Lipinski definition) is 5. The van der Waals surface area contributed by atoms with E-state index in [-0.39, 0.29) is 40.6 Å². The van der Waals surface area contributed by atoms with Crippen LogP contribution in [0.4, 0.5) is 8.78 Å². The van der Waals surface area contributed by atoms with Crippen LogP contribution >= 0.6 is 0 Å². The lowest BCUT2D eigenvalue weighted by Crippen LogP contribution is -2.71. The van der Waals surface area contributed by atoms with Crippen molar-refractivity contribution in [1.82, 2.24) is 9.62 Å². The van der Waals surface area contributed by atoms with E-state index >= 15 is 4.39 Å². The fourth-order valence-corrected chi connectivity index (χ4v) is 5.95. The van der Waals surface area contributed by atoms with Crippen LogP contribution in [0.25, 0.3) is 11.1 Å². The highest BCUT2D eigenvalue weighted by Crippen LogP contribution is 2.44. The maximum Gasteiger partial charge on any atom is 0.251 e. The van der Waals surface area contributed by atoms with Gasteiger partial charge in [-0.05, 0) is 61.4 Å². The summed E-state index contributed by atoms with van der Waals surface area (Å²) in [5.41, 5.74) is 0.564. The molecule has 34 heavy (non-hydrogen) atoms. The van der Waals surface area contributed by atoms with E-state index in [0.29, 0.717) is 12.8 Å². The number of nitrogens with zero attached hydrogens (tertiary/aromatic N) is 2. The summed E-state index contributed by atoms with van der Waals surface area (Å²) in [5, 5.41) is 19.1. The fraction of sp³-hybridized carbons (Fsp3) is 0.417. The number of carbonyl (C=O) groups excluding carboxylic acids is 1. The quantitative estimate of drug-likeness (QED) is 0.647. The minimum absolute atomic E-state index is 0.00125. The highest BCUT2D eigenvalue weighted by molar-refractivity contribution is 7.88. The summed E-state index contributed by atoms with van der Waals surface area (Å²) in [6, 6.07) is 8.53. The third-order valence-electron chi connectivity index (χ3n) is 6.63. The number of piperidine rings is 2. The van der Waals surface area contributed by atoms with Crippen molar-refractivity contribution in [3.8, 4) is 17.2 Å². The molecule has 3 aliphatic rings. The predicted octanol–water partition coefficient (Wildman–Crippen LogP) is 2.33. The standard InChI is InChI=1S/C24H25F2N3O4S/c1-13(30)24(31)29-19-9-17(10-19)23(28-34(2,32)33)21(29)11-15-4-3-5-20(22(15)26)16-6-14(12-27)7-18(25)8-16/h3-8,13,17,19,21,23,28,30H,9-11H2,1-2H3/t13-,17?,19?,21+,23+/m1/s1. The smallest absolute Gasteiger partial charge is 0.251 e. The summed E-state index contributed by atoms with van der Waals surface area (Å²) >= 11 is 0. The number of nitriles is 1. The number of hydrogen-bond donors (Lipinski definition) is 2. The predicted molar refractivity (Wildman–Crippen MR) is 121 cm³/mol. The number of amides is 1. The first-order valence-corrected chi connectivity index (χ1v) is 12.8. The molecule has 2 aromatic rings. The number of aliphatic hydroxyl groups excluding tert-OH is 1. The van der Waals surface area contributed by atoms with Gasteiger partial charge in [-0.1, -0.05) is 18.2 Å². The summed E-state index contributed by atoms with van der Waals surface area (Å²) in [7, 11) is -3.62. The van der Waals surface area contributed by atoms with E-state index < -0.39 is 45.8 Å². The molecule has 1 saturated carbocycles. The van der Waals surface area contributed by atoms with Gasteiger partial charge in [-0.2, -0.15) is 5.26 Å². The first-order valence-electron chi connectivity index (χ1n) is 10.9. The van der Waals surface area contributed by atoms with E-state index in [2.05, 4.69) is 4.72 Å². The van der Waals surface area contributed by atoms with Gasteiger partial charge < -0.3 is 10.0 Å². The number of aliphatic hydroxyl groups is 1. The number of halogens is 2. The molecule has 2 saturated heterocycles. The Kier molecular flexibility index (Phi) is 6.46. The number of rotatable bonds is 6. The van der Waals surface area contributed by atoms with E-state index in [0.717, 1.165) is 18.4 Å². The Balaban J connectivity index is 1.74. The Morgan fingerprint density at radius 2 is 2.00 bits per heavy atom. The highest BCUT2D eigenvalue weighted by atomic mass is 32.2. The van der Waals surface area contributed by atoms with Gasteiger partial charge in [0.15, 0.2) is 0 Å². The molecule has 180 valence electrons. The first kappa shape index (κ1) is 24.3. The van der Waals surface area contributed by atoms with Crippen LogP contribution in [0.15, 0.2) is 36.4 Å². The summed E-state index contributed by atoms with van der Waals surface area (Å²) in [5.74, 6) is -1.85. The molecule has 1 aliphatic carbocycles. The van der Waals surface area contributed by atoms with Crippen molar-refractivity contribution >= 4 is 15.9 Å². The van der Waals surface area contributed by atoms with Crippen molar-refractivity contribution in [2.24, 2.45) is 5.92 Å². The minimum atomic E-state index is -3.62. The zero-order chi connectivity index (χ0) is 24.8. The van der Waals surface area contributed by atoms with Gasteiger partial charge in [0.2, 0.25) is 10.0 Å². The number of carbonyl (C=O) groups is 1. The normalized spacial score (nSPS) is 24.8. The van der Waals surface area contributed by atoms with Crippen LogP contribution in [-0.4, -0.2) is 54.8 Å². The van der Waals surface area contributed by atoms with Crippen molar-refractivity contribution in [3.05, 3.63) is 59.2 Å². The van der Waals surface area contributed by atoms with Crippen molar-refractivity contribution in [1.29, 1.82) is 5.26 Å². The molecule has 0 unspecified atom stereocenters. The Bertz CT molecular complexity index is 1270. The first-order chi connectivity index (χ1) is 16.0. The molecule has 0 aromatic heterocycles. The third-order valence-corrected chi connectivity index (χ3v) is 7.33. The van der Waals surface area contributed by atoms with Gasteiger partial charge in [0, 0.05) is 17.6 Å². The molecule has 7 nitrogen and oxygen atoms in total. The van der Waals surface area contributed by atoms with Gasteiger partial charge in [-0.15, -0.1) is 0 Å². The van der Waals surface area contributed by atoms with Crippen LogP contribution in [-0.2, 0) is 21.2 Å². The van der Waals surface area contributed by atoms with Crippen LogP contribution < -0.4 is 4.72 Å². The van der Waals surface area contributed by atoms with Crippen LogP contribution in [0.2, 0.25) is 0 Å². The summed E-state index contributed by atoms with van der Waals surface area (Å²) < 4.78 is 56.4. The Morgan fingerprint density at radius 3 is 2.62 bits per heavy atom. The van der Waals surface area contributed by atoms with Gasteiger partial charge in [0.05, 0.1) is 23.9 Å². The van der Waals surface area contributed by atoms with Crippen LogP contribution in [0.3, 0.4) is 0 Å². The second kappa shape index (κ2) is 9.06. The Morgan fingerprint density at radius 1 is 1.29 bits per heavy atom. The molecule has 2 heterocycles. The van der Waals surface area contributed by atoms with Gasteiger partial charge in [0.1, 0.15) is 17.7 Å². The summed E-state index contributed by atoms with van der Waals surface area (Å²) in [4.78, 5) is 14.4. The number of benzene rings is 2. The molecular weight excluding hydrogens is 464 g/mol. The summed E-state index contributed by atoms with van der Waals surface area (Å²) in [6.07, 6.45) is 0.952. The van der Waals surface area contributed by atoms with Crippen LogP contribution in [0.5, 0.6) is 0 Å². The monoisotopic (exact) mass is 489 g/mol. The van der Waals surface area contributed by atoms with Gasteiger partial charge in [-0.25, -0.2) is 21.9 Å². The number of nitrogens with one attached hydrogen (secondary N) is 1. The van der Waals surface area contributed by atoms with E-state index in [1.165, 1.54) is 30.0 Å². The Labute approximate surface area is 197 Å². The van der Waals surface area contributed by atoms with Gasteiger partial charge in [0.25, 0.3) is 5.91 Å². The van der Waals surface area contributed by atoms with Crippen molar-refractivity contribution < 1.29 is 27.1 Å². The van der Waals surface area contributed by atoms with Crippen molar-refractivity contribution in [3.63, 3.8) is 0 Å². The van der Waals surface area contributed by atoms with Crippen LogP contribution in [0, 0.1) is 28.9 Å². The molecule has 2 aliphatic heterocycles. The second-order valence-corrected chi connectivity index (χ2v) is 10.9. The lowest BCUT2D eigenvalue weighted by atomic mass is 9.66. The average molecular weight is 490 g/mol. The van der Waals surface area contributed by atoms with Crippen LogP contribution in [0.1, 0.15) is 30.9 Å². The zero-order valence-electron chi connectivity index (χ0n) is 18.7. The molecule has 10 heteroatoms. The van der Waals surface area contributed by atoms with E-state index in [1.54, 1.807) is 6.07 Å². The highest BCUT2D eigenvalue weighted by Gasteiger charge is 2.53. The SMILES string of the molecule is C[C@@H](O)C(=O)N1C2CC(C2)[C@H](NS(C)(=O)=O)[C@@H]1Cc1cccc(-c2cc(F)cc(C#N)c2)c1F. The number of fused-ring (bicyclic) bond motifs is 2. The minimum Gasteiger partial charge on any atom is -0.384 e. The molecule has 0 radical (unpaired) electrons. The van der Waals surface area contributed by atoms with E-state index in [9.17, 15) is 22.7 Å². The van der Waals surface area contributed by atoms with Gasteiger partial charge in [-0.3, -0.25) is 4.79 Å². The third kappa shape index (κ3) is 4.69. The fourth-order valence-electron chi connectivity index (χ4n) is 5.11. The zero-order valence-corrected chi connectivity index (χ0v) is 19.5. The summed E-state index contributed by atoms with van der Waals surface area (Å²) in [6.45, 7) is 1.35. The molecule has 2 N–H and O–H groups in total. The Hall–Kier alpha value is -2.87. The van der Waals surface area contributed by atoms with E-state index in [1.807, 2.05) is 6.07 Å². The topological polar surface area (TPSA) is 110 Å². The number of sulfonamides is 1. The molecular formula is C24H25F2N3O4S. The molecule has 0 spiro atoms. The average Bonchev–Trinajstić information content (AvgIpc) is 2.72. The largest absolute Gasteiger partial charge is 0.384 e. The lowest BCUT2D eigenvalue weighted by molar-refractivity contribution is -0.157. The lowest BCUT2D eigenvalue weighted by Gasteiger charge is -2.58. The molecule has 1 amide bonds. The van der Waals surface area contributed by atoms with Crippen molar-refractivity contribution in [2.45, 2.75) is 50.4 Å². The van der Waals surface area contributed by atoms with E-state index in [4.69, 9.17) is 5.26 Å².